The van der Waals surface area contributed by atoms with Crippen molar-refractivity contribution in [2.45, 2.75) is 19.4 Å². The van der Waals surface area contributed by atoms with E-state index in [0.717, 1.165) is 32.1 Å². The normalized spacial score (nSPS) is 25.4. The Morgan fingerprint density at radius 2 is 2.27 bits per heavy atom. The van der Waals surface area contributed by atoms with Crippen LogP contribution in [0.25, 0.3) is 0 Å². The molecule has 1 saturated heterocycles. The largest absolute Gasteiger partial charge is 0.309 e. The Morgan fingerprint density at radius 3 is 2.82 bits per heavy atom. The molecular weight excluding hydrogens is 160 g/mol. The molecule has 66 valence electrons. The maximum Gasteiger partial charge on any atom is 0.0351 e. The van der Waals surface area contributed by atoms with Crippen molar-refractivity contribution >= 4 is 11.6 Å². The monoisotopic (exact) mass is 176 g/mol. The first-order valence-corrected chi connectivity index (χ1v) is 4.71. The van der Waals surface area contributed by atoms with Crippen LogP contribution in [-0.4, -0.2) is 42.5 Å². The zero-order chi connectivity index (χ0) is 8.32. The van der Waals surface area contributed by atoms with Gasteiger partial charge in [-0.2, -0.15) is 0 Å². The first kappa shape index (κ1) is 9.30. The quantitative estimate of drug-likeness (QED) is 0.630. The van der Waals surface area contributed by atoms with E-state index in [4.69, 9.17) is 11.6 Å². The zero-order valence-electron chi connectivity index (χ0n) is 7.36. The minimum Gasteiger partial charge on any atom is -0.309 e. The molecule has 0 bridgehead atoms. The molecule has 1 heterocycles. The van der Waals surface area contributed by atoms with Crippen molar-refractivity contribution in [3.63, 3.8) is 0 Å². The van der Waals surface area contributed by atoms with Crippen molar-refractivity contribution in [2.24, 2.45) is 0 Å². The van der Waals surface area contributed by atoms with Gasteiger partial charge in [-0.15, -0.1) is 11.6 Å². The van der Waals surface area contributed by atoms with Crippen LogP contribution in [0.3, 0.4) is 0 Å². The van der Waals surface area contributed by atoms with E-state index < -0.39 is 0 Å². The Hall–Kier alpha value is 0.210. The van der Waals surface area contributed by atoms with E-state index in [9.17, 15) is 0 Å². The topological polar surface area (TPSA) is 15.3 Å². The summed E-state index contributed by atoms with van der Waals surface area (Å²) >= 11 is 5.67. The van der Waals surface area contributed by atoms with Crippen LogP contribution in [0.2, 0.25) is 0 Å². The molecule has 0 spiro atoms. The molecule has 0 amide bonds. The van der Waals surface area contributed by atoms with E-state index in [1.807, 2.05) is 0 Å². The van der Waals surface area contributed by atoms with Gasteiger partial charge in [0.25, 0.3) is 0 Å². The van der Waals surface area contributed by atoms with Crippen LogP contribution in [0, 0.1) is 0 Å². The Kier molecular flexibility index (Phi) is 3.16. The van der Waals surface area contributed by atoms with E-state index in [2.05, 4.69) is 24.1 Å². The lowest BCUT2D eigenvalue weighted by atomic mass is 10.0. The van der Waals surface area contributed by atoms with Gasteiger partial charge in [0, 0.05) is 37.6 Å². The summed E-state index contributed by atoms with van der Waals surface area (Å²) in [4.78, 5) is 2.41. The SMILES string of the molecule is CC1(C)CN(CCCl)CCN1. The Morgan fingerprint density at radius 1 is 1.55 bits per heavy atom. The third-order valence-electron chi connectivity index (χ3n) is 2.05. The highest BCUT2D eigenvalue weighted by Gasteiger charge is 2.24. The molecular formula is C8H17ClN2. The molecule has 1 N–H and O–H groups in total. The lowest BCUT2D eigenvalue weighted by molar-refractivity contribution is 0.162. The summed E-state index contributed by atoms with van der Waals surface area (Å²) in [5, 5.41) is 3.46. The summed E-state index contributed by atoms with van der Waals surface area (Å²) in [6.07, 6.45) is 0. The number of rotatable bonds is 2. The second kappa shape index (κ2) is 3.74. The molecule has 11 heavy (non-hydrogen) atoms. The Balaban J connectivity index is 2.34. The van der Waals surface area contributed by atoms with Gasteiger partial charge < -0.3 is 5.32 Å². The molecule has 0 saturated carbocycles. The number of hydrogen-bond donors (Lipinski definition) is 1. The van der Waals surface area contributed by atoms with Gasteiger partial charge in [-0.25, -0.2) is 0 Å². The fourth-order valence-electron chi connectivity index (χ4n) is 1.56. The predicted octanol–water partition coefficient (Wildman–Crippen LogP) is 0.909. The molecule has 0 atom stereocenters. The van der Waals surface area contributed by atoms with Gasteiger partial charge >= 0.3 is 0 Å². The Bertz CT molecular complexity index is 123. The number of hydrogen-bond acceptors (Lipinski definition) is 2. The lowest BCUT2D eigenvalue weighted by Gasteiger charge is -2.38. The van der Waals surface area contributed by atoms with Gasteiger partial charge in [0.1, 0.15) is 0 Å². The lowest BCUT2D eigenvalue weighted by Crippen LogP contribution is -2.57. The second-order valence-electron chi connectivity index (χ2n) is 3.78. The molecule has 0 radical (unpaired) electrons. The van der Waals surface area contributed by atoms with Gasteiger partial charge in [-0.3, -0.25) is 4.90 Å². The first-order chi connectivity index (χ1) is 5.14. The molecule has 1 aliphatic heterocycles. The minimum absolute atomic E-state index is 0.268. The fourth-order valence-corrected chi connectivity index (χ4v) is 1.80. The molecule has 2 nitrogen and oxygen atoms in total. The van der Waals surface area contributed by atoms with Gasteiger partial charge in [0.2, 0.25) is 0 Å². The highest BCUT2D eigenvalue weighted by Crippen LogP contribution is 2.09. The van der Waals surface area contributed by atoms with Crippen molar-refractivity contribution in [2.75, 3.05) is 32.1 Å². The smallest absolute Gasteiger partial charge is 0.0351 e. The molecule has 0 aromatic heterocycles. The van der Waals surface area contributed by atoms with Crippen LogP contribution in [0.5, 0.6) is 0 Å². The molecule has 1 rings (SSSR count). The van der Waals surface area contributed by atoms with Crippen LogP contribution >= 0.6 is 11.6 Å². The number of nitrogens with zero attached hydrogens (tertiary/aromatic N) is 1. The minimum atomic E-state index is 0.268. The van der Waals surface area contributed by atoms with Crippen molar-refractivity contribution in [3.8, 4) is 0 Å². The highest BCUT2D eigenvalue weighted by atomic mass is 35.5. The summed E-state index contributed by atoms with van der Waals surface area (Å²) in [5.74, 6) is 0.746. The third-order valence-corrected chi connectivity index (χ3v) is 2.22. The summed E-state index contributed by atoms with van der Waals surface area (Å²) in [5.41, 5.74) is 0.268. The van der Waals surface area contributed by atoms with Crippen molar-refractivity contribution in [3.05, 3.63) is 0 Å². The maximum atomic E-state index is 5.67. The number of halogens is 1. The van der Waals surface area contributed by atoms with Crippen molar-refractivity contribution in [1.29, 1.82) is 0 Å². The first-order valence-electron chi connectivity index (χ1n) is 4.17. The molecule has 0 aromatic carbocycles. The van der Waals surface area contributed by atoms with E-state index in [1.165, 1.54) is 0 Å². The molecule has 1 aliphatic rings. The molecule has 3 heteroatoms. The summed E-state index contributed by atoms with van der Waals surface area (Å²) < 4.78 is 0. The van der Waals surface area contributed by atoms with Crippen LogP contribution in [-0.2, 0) is 0 Å². The van der Waals surface area contributed by atoms with E-state index >= 15 is 0 Å². The molecule has 1 fully saturated rings. The third kappa shape index (κ3) is 2.97. The van der Waals surface area contributed by atoms with E-state index in [1.54, 1.807) is 0 Å². The predicted molar refractivity (Wildman–Crippen MR) is 49.2 cm³/mol. The van der Waals surface area contributed by atoms with E-state index in [-0.39, 0.29) is 5.54 Å². The fraction of sp³-hybridized carbons (Fsp3) is 1.00. The Labute approximate surface area is 73.9 Å². The van der Waals surface area contributed by atoms with Crippen molar-refractivity contribution in [1.82, 2.24) is 10.2 Å². The van der Waals surface area contributed by atoms with Crippen LogP contribution in [0.15, 0.2) is 0 Å². The van der Waals surface area contributed by atoms with Gasteiger partial charge in [0.15, 0.2) is 0 Å². The summed E-state index contributed by atoms with van der Waals surface area (Å²) in [7, 11) is 0. The van der Waals surface area contributed by atoms with Crippen LogP contribution < -0.4 is 5.32 Å². The summed E-state index contributed by atoms with van der Waals surface area (Å²) in [6, 6.07) is 0. The second-order valence-corrected chi connectivity index (χ2v) is 4.15. The molecule has 0 aromatic rings. The molecule has 0 unspecified atom stereocenters. The number of nitrogens with one attached hydrogen (secondary N) is 1. The molecule has 0 aliphatic carbocycles. The standard InChI is InChI=1S/C8H17ClN2/c1-8(2)7-11(5-3-9)6-4-10-8/h10H,3-7H2,1-2H3. The average molecular weight is 177 g/mol. The maximum absolute atomic E-state index is 5.67. The van der Waals surface area contributed by atoms with Crippen LogP contribution in [0.4, 0.5) is 0 Å². The van der Waals surface area contributed by atoms with Crippen LogP contribution in [0.1, 0.15) is 13.8 Å². The highest BCUT2D eigenvalue weighted by molar-refractivity contribution is 6.18. The zero-order valence-corrected chi connectivity index (χ0v) is 8.12. The van der Waals surface area contributed by atoms with E-state index in [0.29, 0.717) is 0 Å². The van der Waals surface area contributed by atoms with Gasteiger partial charge in [-0.05, 0) is 13.8 Å². The number of piperazine rings is 1. The summed E-state index contributed by atoms with van der Waals surface area (Å²) in [6.45, 7) is 8.81. The number of alkyl halides is 1. The van der Waals surface area contributed by atoms with Crippen molar-refractivity contribution < 1.29 is 0 Å². The van der Waals surface area contributed by atoms with Gasteiger partial charge in [-0.1, -0.05) is 0 Å². The van der Waals surface area contributed by atoms with Gasteiger partial charge in [0.05, 0.1) is 0 Å². The average Bonchev–Trinajstić information content (AvgIpc) is 1.85.